The van der Waals surface area contributed by atoms with Gasteiger partial charge in [-0.05, 0) is 135 Å². The maximum atomic E-state index is 13.2. The van der Waals surface area contributed by atoms with Crippen molar-refractivity contribution >= 4 is 23.9 Å². The van der Waals surface area contributed by atoms with E-state index >= 15 is 0 Å². The smallest absolute Gasteiger partial charge is 0.335 e. The fraction of sp³-hybridized carbons (Fsp3) is 0.662. The molecule has 1 aliphatic heterocycles. The Morgan fingerprint density at radius 1 is 0.410 bits per heavy atom. The third kappa shape index (κ3) is 47.1. The van der Waals surface area contributed by atoms with E-state index in [0.29, 0.717) is 25.7 Å². The minimum absolute atomic E-state index is 0.000774. The van der Waals surface area contributed by atoms with Crippen LogP contribution < -0.4 is 0 Å². The summed E-state index contributed by atoms with van der Waals surface area (Å²) in [6.45, 7) is 5.79. The van der Waals surface area contributed by atoms with Crippen LogP contribution in [0, 0.1) is 0 Å². The zero-order valence-corrected chi connectivity index (χ0v) is 51.9. The van der Waals surface area contributed by atoms with E-state index in [1.54, 1.807) is 0 Å². The normalized spacial score (nSPS) is 18.4. The van der Waals surface area contributed by atoms with Crippen LogP contribution in [0.3, 0.4) is 0 Å². The molecule has 1 fully saturated rings. The van der Waals surface area contributed by atoms with E-state index in [1.165, 1.54) is 51.4 Å². The third-order valence-electron chi connectivity index (χ3n) is 14.0. The molecule has 470 valence electrons. The fourth-order valence-corrected chi connectivity index (χ4v) is 9.02. The highest BCUT2D eigenvalue weighted by Gasteiger charge is 2.50. The molecule has 6 unspecified atom stereocenters. The zero-order valence-electron chi connectivity index (χ0n) is 51.9. The zero-order chi connectivity index (χ0) is 60.3. The van der Waals surface area contributed by atoms with Crippen molar-refractivity contribution in [1.29, 1.82) is 0 Å². The highest BCUT2D eigenvalue weighted by molar-refractivity contribution is 5.74. The standard InChI is InChI=1S/C71H114O12/c1-4-7-10-13-16-19-22-25-28-30-32-34-37-39-42-45-48-51-54-57-63(72)79-60-62(81-64(73)58-55-52-49-46-43-41-38-35-33-31-29-26-23-20-17-14-11-8-5-2)61-80-71-69(67(76)66(75)68(83-71)70(77)78)82-65(74)59-56-53-50-47-44-40-36-27-24-21-18-15-12-9-6-3/h9,12,16-21,25-29,32-36,44,47,62,66-69,71,75-76H,4-8,10-11,13-15,22-24,30-31,37-43,45-46,48-61H2,1-3H3,(H,77,78)/b12-9-,19-16-,20-17-,21-18-,28-25-,29-26-,34-32-,35-33-,36-27-,47-44-. The van der Waals surface area contributed by atoms with Crippen molar-refractivity contribution in [1.82, 2.24) is 0 Å². The van der Waals surface area contributed by atoms with Crippen LogP contribution in [0.5, 0.6) is 0 Å². The lowest BCUT2D eigenvalue weighted by Gasteiger charge is -2.40. The first kappa shape index (κ1) is 76.1. The number of carboxylic acid groups (broad SMARTS) is 1. The van der Waals surface area contributed by atoms with Crippen LogP contribution in [-0.4, -0.2) is 89.2 Å². The number of carboxylic acids is 1. The number of esters is 3. The second-order valence-electron chi connectivity index (χ2n) is 21.7. The summed E-state index contributed by atoms with van der Waals surface area (Å²) < 4.78 is 28.5. The lowest BCUT2D eigenvalue weighted by Crippen LogP contribution is -2.61. The van der Waals surface area contributed by atoms with Crippen LogP contribution in [0.4, 0.5) is 0 Å². The largest absolute Gasteiger partial charge is 0.479 e. The summed E-state index contributed by atoms with van der Waals surface area (Å²) in [5.74, 6) is -3.22. The summed E-state index contributed by atoms with van der Waals surface area (Å²) >= 11 is 0. The highest BCUT2D eigenvalue weighted by Crippen LogP contribution is 2.26. The third-order valence-corrected chi connectivity index (χ3v) is 14.0. The van der Waals surface area contributed by atoms with Crippen LogP contribution in [0.2, 0.25) is 0 Å². The minimum atomic E-state index is -1.93. The van der Waals surface area contributed by atoms with Gasteiger partial charge in [-0.2, -0.15) is 0 Å². The first-order valence-corrected chi connectivity index (χ1v) is 32.5. The van der Waals surface area contributed by atoms with E-state index in [4.69, 9.17) is 23.7 Å². The van der Waals surface area contributed by atoms with Crippen molar-refractivity contribution in [2.24, 2.45) is 0 Å². The lowest BCUT2D eigenvalue weighted by atomic mass is 9.98. The molecule has 0 aliphatic carbocycles. The molecule has 12 nitrogen and oxygen atoms in total. The number of carbonyl (C=O) groups excluding carboxylic acids is 3. The Balaban J connectivity index is 2.71. The van der Waals surface area contributed by atoms with Crippen LogP contribution >= 0.6 is 0 Å². The van der Waals surface area contributed by atoms with Gasteiger partial charge in [0.15, 0.2) is 24.6 Å². The Bertz CT molecular complexity index is 1900. The number of allylic oxidation sites excluding steroid dienone is 20. The number of hydrogen-bond acceptors (Lipinski definition) is 11. The first-order valence-electron chi connectivity index (χ1n) is 32.5. The molecule has 1 aliphatic rings. The van der Waals surface area contributed by atoms with Gasteiger partial charge in [-0.1, -0.05) is 219 Å². The molecule has 0 saturated carbocycles. The van der Waals surface area contributed by atoms with Crippen molar-refractivity contribution in [3.63, 3.8) is 0 Å². The molecule has 1 saturated heterocycles. The van der Waals surface area contributed by atoms with Crippen LogP contribution in [0.1, 0.15) is 252 Å². The quantitative estimate of drug-likeness (QED) is 0.0228. The molecule has 83 heavy (non-hydrogen) atoms. The van der Waals surface area contributed by atoms with E-state index in [2.05, 4.69) is 142 Å². The van der Waals surface area contributed by atoms with Crippen molar-refractivity contribution < 1.29 is 58.2 Å². The monoisotopic (exact) mass is 1160 g/mol. The van der Waals surface area contributed by atoms with Gasteiger partial charge in [0.2, 0.25) is 0 Å². The molecule has 0 radical (unpaired) electrons. The summed E-state index contributed by atoms with van der Waals surface area (Å²) in [7, 11) is 0. The van der Waals surface area contributed by atoms with Gasteiger partial charge in [0, 0.05) is 19.3 Å². The predicted molar refractivity (Wildman–Crippen MR) is 340 cm³/mol. The average Bonchev–Trinajstić information content (AvgIpc) is 3.57. The molecule has 1 rings (SSSR count). The number of ether oxygens (including phenoxy) is 5. The van der Waals surface area contributed by atoms with Gasteiger partial charge in [0.05, 0.1) is 6.61 Å². The van der Waals surface area contributed by atoms with Gasteiger partial charge < -0.3 is 39.0 Å². The van der Waals surface area contributed by atoms with Crippen LogP contribution in [0.15, 0.2) is 122 Å². The van der Waals surface area contributed by atoms with Gasteiger partial charge in [0.1, 0.15) is 18.8 Å². The second kappa shape index (κ2) is 57.5. The Labute approximate surface area is 503 Å². The summed E-state index contributed by atoms with van der Waals surface area (Å²) in [4.78, 5) is 51.3. The Morgan fingerprint density at radius 2 is 0.759 bits per heavy atom. The molecule has 0 aromatic carbocycles. The number of aliphatic hydroxyl groups excluding tert-OH is 2. The van der Waals surface area contributed by atoms with Crippen LogP contribution in [0.25, 0.3) is 0 Å². The molecule has 0 aromatic heterocycles. The molecule has 0 spiro atoms. The number of aliphatic hydroxyl groups is 2. The minimum Gasteiger partial charge on any atom is -0.479 e. The topological polar surface area (TPSA) is 175 Å². The number of hydrogen-bond donors (Lipinski definition) is 3. The summed E-state index contributed by atoms with van der Waals surface area (Å²) in [6.07, 6.45) is 67.2. The maximum Gasteiger partial charge on any atom is 0.335 e. The molecule has 6 atom stereocenters. The molecular weight excluding hydrogens is 1040 g/mol. The molecular formula is C71H114O12. The van der Waals surface area contributed by atoms with Crippen molar-refractivity contribution in [2.75, 3.05) is 13.2 Å². The second-order valence-corrected chi connectivity index (χ2v) is 21.7. The molecule has 0 bridgehead atoms. The van der Waals surface area contributed by atoms with Gasteiger partial charge in [0.25, 0.3) is 0 Å². The molecule has 12 heteroatoms. The summed E-state index contributed by atoms with van der Waals surface area (Å²) in [6, 6.07) is 0. The Kier molecular flexibility index (Phi) is 52.8. The highest BCUT2D eigenvalue weighted by atomic mass is 16.7. The molecule has 3 N–H and O–H groups in total. The molecule has 1 heterocycles. The van der Waals surface area contributed by atoms with E-state index in [1.807, 2.05) is 0 Å². The number of carbonyl (C=O) groups is 4. The number of unbranched alkanes of at least 4 members (excludes halogenated alkanes) is 20. The predicted octanol–water partition coefficient (Wildman–Crippen LogP) is 17.6. The Hall–Kier alpha value is -4.88. The van der Waals surface area contributed by atoms with E-state index in [0.717, 1.165) is 135 Å². The van der Waals surface area contributed by atoms with Gasteiger partial charge >= 0.3 is 23.9 Å². The Morgan fingerprint density at radius 3 is 1.18 bits per heavy atom. The van der Waals surface area contributed by atoms with Crippen LogP contribution in [-0.2, 0) is 42.9 Å². The first-order chi connectivity index (χ1) is 40.6. The maximum absolute atomic E-state index is 13.2. The average molecular weight is 1160 g/mol. The van der Waals surface area contributed by atoms with Crippen molar-refractivity contribution in [3.05, 3.63) is 122 Å². The van der Waals surface area contributed by atoms with E-state index in [-0.39, 0.29) is 25.9 Å². The van der Waals surface area contributed by atoms with Gasteiger partial charge in [-0.15, -0.1) is 0 Å². The summed E-state index contributed by atoms with van der Waals surface area (Å²) in [5, 5.41) is 31.6. The lowest BCUT2D eigenvalue weighted by molar-refractivity contribution is -0.301. The molecule has 0 aromatic rings. The SMILES string of the molecule is CC/C=C\C/C=C\C/C=C\C/C=C\CCCCC(=O)OC1C(OCC(COC(=O)CCCCCCCC/C=C\C/C=C\C/C=C\CCCCC)OC(=O)CCCCCCCC/C=C\C/C=C\C/C=C\CCCCC)OC(C(=O)O)C(O)C1O. The van der Waals surface area contributed by atoms with Gasteiger partial charge in [-0.3, -0.25) is 14.4 Å². The van der Waals surface area contributed by atoms with E-state index < -0.39 is 67.3 Å². The van der Waals surface area contributed by atoms with Gasteiger partial charge in [-0.25, -0.2) is 4.79 Å². The fourth-order valence-electron chi connectivity index (χ4n) is 9.02. The number of aliphatic carboxylic acids is 1. The van der Waals surface area contributed by atoms with Crippen molar-refractivity contribution in [2.45, 2.75) is 289 Å². The van der Waals surface area contributed by atoms with Crippen molar-refractivity contribution in [3.8, 4) is 0 Å². The molecule has 0 amide bonds. The number of rotatable bonds is 54. The summed E-state index contributed by atoms with van der Waals surface area (Å²) in [5.41, 5.74) is 0. The van der Waals surface area contributed by atoms with E-state index in [9.17, 15) is 34.5 Å².